The molecular weight excluding hydrogens is 496 g/mol. The maximum absolute atomic E-state index is 13.1. The Morgan fingerprint density at radius 3 is 2.49 bits per heavy atom. The third-order valence-corrected chi connectivity index (χ3v) is 7.01. The lowest BCUT2D eigenvalue weighted by Crippen LogP contribution is -2.20. The Morgan fingerprint density at radius 2 is 1.79 bits per heavy atom. The molecule has 4 aromatic rings. The normalized spacial score (nSPS) is 12.6. The summed E-state index contributed by atoms with van der Waals surface area (Å²) < 4.78 is 13.7. The number of hydrogen-bond acceptors (Lipinski definition) is 8. The number of carbonyl (C=O) groups is 2. The van der Waals surface area contributed by atoms with E-state index in [0.717, 1.165) is 42.4 Å². The van der Waals surface area contributed by atoms with Gasteiger partial charge in [0.15, 0.2) is 5.69 Å². The number of ether oxygens (including phenoxy) is 2. The van der Waals surface area contributed by atoms with Gasteiger partial charge in [-0.1, -0.05) is 35.5 Å². The lowest BCUT2D eigenvalue weighted by molar-refractivity contribution is -0.143. The van der Waals surface area contributed by atoms with Crippen molar-refractivity contribution in [3.05, 3.63) is 64.5 Å². The predicted molar refractivity (Wildman–Crippen MR) is 145 cm³/mol. The molecule has 10 heteroatoms. The molecule has 0 saturated carbocycles. The lowest BCUT2D eigenvalue weighted by atomic mass is 9.82. The summed E-state index contributed by atoms with van der Waals surface area (Å²) in [4.78, 5) is 25.8. The second kappa shape index (κ2) is 11.0. The maximum atomic E-state index is 13.1. The smallest absolute Gasteiger partial charge is 0.357 e. The summed E-state index contributed by atoms with van der Waals surface area (Å²) >= 11 is 0. The Balaban J connectivity index is 1.78. The van der Waals surface area contributed by atoms with Crippen LogP contribution in [-0.2, 0) is 40.2 Å². The molecule has 0 bridgehead atoms. The molecule has 39 heavy (non-hydrogen) atoms. The Kier molecular flexibility index (Phi) is 7.32. The van der Waals surface area contributed by atoms with E-state index in [1.807, 2.05) is 36.5 Å². The van der Waals surface area contributed by atoms with Gasteiger partial charge in [-0.15, -0.1) is 5.10 Å². The molecule has 1 aliphatic carbocycles. The van der Waals surface area contributed by atoms with E-state index in [9.17, 15) is 14.9 Å². The number of rotatable bonds is 8. The van der Waals surface area contributed by atoms with Gasteiger partial charge in [0.05, 0.1) is 42.7 Å². The minimum atomic E-state index is -0.653. The molecule has 0 saturated heterocycles. The third-order valence-electron chi connectivity index (χ3n) is 7.01. The highest BCUT2D eigenvalue weighted by molar-refractivity contribution is 6.11. The van der Waals surface area contributed by atoms with Crippen LogP contribution in [0.25, 0.3) is 22.2 Å². The van der Waals surface area contributed by atoms with Crippen molar-refractivity contribution in [2.45, 2.75) is 52.6 Å². The predicted octanol–water partition coefficient (Wildman–Crippen LogP) is 4.02. The molecule has 10 nitrogen and oxygen atoms in total. The topological polar surface area (TPSA) is 138 Å². The zero-order valence-electron chi connectivity index (χ0n) is 22.1. The van der Waals surface area contributed by atoms with Gasteiger partial charge < -0.3 is 19.8 Å². The first kappa shape index (κ1) is 26.0. The number of aryl methyl sites for hydroxylation is 1. The second-order valence-electron chi connectivity index (χ2n) is 9.41. The molecule has 2 heterocycles. The van der Waals surface area contributed by atoms with Crippen LogP contribution >= 0.6 is 0 Å². The fourth-order valence-corrected chi connectivity index (χ4v) is 5.50. The minimum Gasteiger partial charge on any atom is -0.465 e. The number of hydrogen-bond donors (Lipinski definition) is 1. The Morgan fingerprint density at radius 1 is 1.08 bits per heavy atom. The molecule has 2 aromatic carbocycles. The van der Waals surface area contributed by atoms with Gasteiger partial charge in [0.25, 0.3) is 0 Å². The summed E-state index contributed by atoms with van der Waals surface area (Å²) in [6.45, 7) is 3.96. The molecular formula is C29H30N6O4. The Hall–Kier alpha value is -4.65. The van der Waals surface area contributed by atoms with E-state index in [4.69, 9.17) is 15.2 Å². The summed E-state index contributed by atoms with van der Waals surface area (Å²) in [5, 5.41) is 20.0. The molecule has 0 amide bonds. The SMILES string of the molecule is CCOC(=O)Cn1c(C(=O)OCC)c(N)c2c3c(c(-c4cn(Cc5ccccc5)nn4)c(C#N)c21)CCCC3. The number of anilines is 1. The number of nitrogens with two attached hydrogens (primary N) is 1. The summed E-state index contributed by atoms with van der Waals surface area (Å²) in [6, 6.07) is 12.3. The first-order chi connectivity index (χ1) is 19.0. The van der Waals surface area contributed by atoms with Gasteiger partial charge in [-0.3, -0.25) is 4.79 Å². The van der Waals surface area contributed by atoms with Crippen LogP contribution < -0.4 is 5.73 Å². The van der Waals surface area contributed by atoms with Crippen molar-refractivity contribution < 1.29 is 19.1 Å². The summed E-state index contributed by atoms with van der Waals surface area (Å²) in [5.41, 5.74) is 11.8. The third kappa shape index (κ3) is 4.72. The van der Waals surface area contributed by atoms with Crippen molar-refractivity contribution in [1.29, 1.82) is 5.26 Å². The molecule has 0 radical (unpaired) electrons. The van der Waals surface area contributed by atoms with Crippen molar-refractivity contribution in [2.75, 3.05) is 18.9 Å². The Bertz CT molecular complexity index is 1600. The standard InChI is InChI=1S/C29H30N6O4/c1-3-38-23(36)17-35-27-21(14-30)24(22-16-34(33-32-22)15-18-10-6-5-7-11-18)19-12-8-9-13-20(19)25(27)26(31)28(35)29(37)39-4-2/h5-7,10-11,16H,3-4,8-9,12-13,15,17,31H2,1-2H3. The highest BCUT2D eigenvalue weighted by atomic mass is 16.5. The van der Waals surface area contributed by atoms with Crippen molar-refractivity contribution in [1.82, 2.24) is 19.6 Å². The second-order valence-corrected chi connectivity index (χ2v) is 9.41. The number of fused-ring (bicyclic) bond motifs is 3. The fourth-order valence-electron chi connectivity index (χ4n) is 5.50. The molecule has 0 unspecified atom stereocenters. The first-order valence-corrected chi connectivity index (χ1v) is 13.1. The van der Waals surface area contributed by atoms with E-state index in [2.05, 4.69) is 16.4 Å². The average molecular weight is 527 g/mol. The van der Waals surface area contributed by atoms with E-state index in [1.165, 1.54) is 4.57 Å². The van der Waals surface area contributed by atoms with Gasteiger partial charge in [-0.05, 0) is 56.2 Å². The van der Waals surface area contributed by atoms with Gasteiger partial charge in [0.1, 0.15) is 18.3 Å². The number of benzene rings is 2. The van der Waals surface area contributed by atoms with Gasteiger partial charge in [-0.2, -0.15) is 5.26 Å². The molecule has 0 fully saturated rings. The van der Waals surface area contributed by atoms with E-state index in [-0.39, 0.29) is 31.1 Å². The van der Waals surface area contributed by atoms with Crippen molar-refractivity contribution in [3.8, 4) is 17.3 Å². The van der Waals surface area contributed by atoms with E-state index in [0.29, 0.717) is 34.3 Å². The Labute approximate surface area is 225 Å². The molecule has 5 rings (SSSR count). The van der Waals surface area contributed by atoms with Gasteiger partial charge >= 0.3 is 11.9 Å². The number of aromatic nitrogens is 4. The summed E-state index contributed by atoms with van der Waals surface area (Å²) in [6.07, 6.45) is 5.17. The van der Waals surface area contributed by atoms with Crippen LogP contribution in [-0.4, -0.2) is 44.7 Å². The molecule has 1 aliphatic rings. The summed E-state index contributed by atoms with van der Waals surface area (Å²) in [5.74, 6) is -1.20. The monoisotopic (exact) mass is 526 g/mol. The van der Waals surface area contributed by atoms with Crippen molar-refractivity contribution >= 4 is 28.5 Å². The van der Waals surface area contributed by atoms with Crippen LogP contribution in [0.4, 0.5) is 5.69 Å². The van der Waals surface area contributed by atoms with Gasteiger partial charge in [-0.25, -0.2) is 9.48 Å². The van der Waals surface area contributed by atoms with Crippen LogP contribution in [0.15, 0.2) is 36.5 Å². The number of nitrogen functional groups attached to an aromatic ring is 1. The van der Waals surface area contributed by atoms with Crippen molar-refractivity contribution in [2.24, 2.45) is 0 Å². The maximum Gasteiger partial charge on any atom is 0.357 e. The van der Waals surface area contributed by atoms with Crippen LogP contribution in [0, 0.1) is 11.3 Å². The van der Waals surface area contributed by atoms with Crippen LogP contribution in [0.1, 0.15) is 59.4 Å². The number of esters is 2. The zero-order chi connectivity index (χ0) is 27.5. The number of nitrogens with zero attached hydrogens (tertiary/aromatic N) is 5. The van der Waals surface area contributed by atoms with Crippen LogP contribution in [0.3, 0.4) is 0 Å². The zero-order valence-corrected chi connectivity index (χ0v) is 22.1. The first-order valence-electron chi connectivity index (χ1n) is 13.1. The molecule has 0 aliphatic heterocycles. The van der Waals surface area contributed by atoms with Crippen LogP contribution in [0.2, 0.25) is 0 Å². The lowest BCUT2D eigenvalue weighted by Gasteiger charge is -2.22. The molecule has 200 valence electrons. The number of nitriles is 1. The molecule has 0 atom stereocenters. The van der Waals surface area contributed by atoms with E-state index >= 15 is 0 Å². The van der Waals surface area contributed by atoms with Crippen LogP contribution in [0.5, 0.6) is 0 Å². The fraction of sp³-hybridized carbons (Fsp3) is 0.345. The largest absolute Gasteiger partial charge is 0.465 e. The van der Waals surface area contributed by atoms with E-state index in [1.54, 1.807) is 18.5 Å². The quantitative estimate of drug-likeness (QED) is 0.340. The van der Waals surface area contributed by atoms with Gasteiger partial charge in [0, 0.05) is 10.9 Å². The average Bonchev–Trinajstić information content (AvgIpc) is 3.50. The number of carbonyl (C=O) groups excluding carboxylic acids is 2. The van der Waals surface area contributed by atoms with E-state index < -0.39 is 11.9 Å². The molecule has 2 N–H and O–H groups in total. The molecule has 2 aromatic heterocycles. The minimum absolute atomic E-state index is 0.0501. The van der Waals surface area contributed by atoms with Crippen molar-refractivity contribution in [3.63, 3.8) is 0 Å². The highest BCUT2D eigenvalue weighted by Crippen LogP contribution is 2.44. The molecule has 0 spiro atoms. The summed E-state index contributed by atoms with van der Waals surface area (Å²) in [7, 11) is 0. The van der Waals surface area contributed by atoms with Gasteiger partial charge in [0.2, 0.25) is 0 Å². The highest BCUT2D eigenvalue weighted by Gasteiger charge is 2.33.